The Morgan fingerprint density at radius 1 is 1.03 bits per heavy atom. The molecule has 3 heterocycles. The number of aromatic nitrogens is 4. The maximum Gasteiger partial charge on any atom is 0.262 e. The molecule has 0 saturated heterocycles. The third kappa shape index (κ3) is 4.57. The molecule has 7 heteroatoms. The zero-order chi connectivity index (χ0) is 23.6. The molecule has 3 aromatic heterocycles. The quantitative estimate of drug-likeness (QED) is 0.371. The number of nitrogens with one attached hydrogen (secondary N) is 1. The molecule has 0 aliphatic heterocycles. The monoisotopic (exact) mass is 481 g/mol. The third-order valence-electron chi connectivity index (χ3n) is 6.82. The van der Waals surface area contributed by atoms with Gasteiger partial charge in [-0.1, -0.05) is 42.5 Å². The molecule has 2 aromatic carbocycles. The topological polar surface area (TPSA) is 64.7 Å². The highest BCUT2D eigenvalue weighted by atomic mass is 32.1. The van der Waals surface area contributed by atoms with E-state index >= 15 is 0 Å². The molecule has 1 unspecified atom stereocenters. The number of rotatable bonds is 7. The van der Waals surface area contributed by atoms with Crippen LogP contribution in [0.1, 0.15) is 28.0 Å². The molecule has 35 heavy (non-hydrogen) atoms. The molecule has 0 fully saturated rings. The SMILES string of the molecule is O=c1c2c3c(sc2ncn1CCc1ccccc1)CC(NCc1ccc(-n2cccn2)cc1)CC3. The van der Waals surface area contributed by atoms with Crippen LogP contribution in [0.15, 0.2) is 84.2 Å². The highest BCUT2D eigenvalue weighted by molar-refractivity contribution is 7.18. The van der Waals surface area contributed by atoms with Crippen molar-refractivity contribution in [2.75, 3.05) is 0 Å². The minimum absolute atomic E-state index is 0.104. The summed E-state index contributed by atoms with van der Waals surface area (Å²) in [6, 6.07) is 21.1. The lowest BCUT2D eigenvalue weighted by Crippen LogP contribution is -2.33. The fourth-order valence-corrected chi connectivity index (χ4v) is 6.14. The smallest absolute Gasteiger partial charge is 0.262 e. The average Bonchev–Trinajstić information content (AvgIpc) is 3.56. The van der Waals surface area contributed by atoms with Gasteiger partial charge in [0.25, 0.3) is 5.56 Å². The van der Waals surface area contributed by atoms with E-state index in [4.69, 9.17) is 0 Å². The van der Waals surface area contributed by atoms with E-state index < -0.39 is 0 Å². The third-order valence-corrected chi connectivity index (χ3v) is 7.98. The van der Waals surface area contributed by atoms with Crippen molar-refractivity contribution in [3.05, 3.63) is 111 Å². The Hall–Kier alpha value is -3.55. The van der Waals surface area contributed by atoms with E-state index in [0.29, 0.717) is 12.6 Å². The number of aryl methyl sites for hydroxylation is 3. The lowest BCUT2D eigenvalue weighted by molar-refractivity contribution is 0.462. The van der Waals surface area contributed by atoms with Crippen molar-refractivity contribution in [1.29, 1.82) is 0 Å². The lowest BCUT2D eigenvalue weighted by Gasteiger charge is -2.23. The molecule has 176 valence electrons. The summed E-state index contributed by atoms with van der Waals surface area (Å²) in [7, 11) is 0. The van der Waals surface area contributed by atoms with Gasteiger partial charge in [0.05, 0.1) is 17.4 Å². The Bertz CT molecular complexity index is 1490. The Morgan fingerprint density at radius 2 is 1.89 bits per heavy atom. The molecule has 1 atom stereocenters. The summed E-state index contributed by atoms with van der Waals surface area (Å²) in [5.74, 6) is 0. The second-order valence-corrected chi connectivity index (χ2v) is 10.2. The molecule has 5 aromatic rings. The molecular formula is C28H27N5OS. The second kappa shape index (κ2) is 9.60. The molecule has 0 amide bonds. The molecule has 1 N–H and O–H groups in total. The van der Waals surface area contributed by atoms with E-state index in [2.05, 4.69) is 51.8 Å². The van der Waals surface area contributed by atoms with Crippen LogP contribution < -0.4 is 10.9 Å². The minimum Gasteiger partial charge on any atom is -0.310 e. The fourth-order valence-electron chi connectivity index (χ4n) is 4.88. The van der Waals surface area contributed by atoms with Crippen LogP contribution in [0.4, 0.5) is 0 Å². The fraction of sp³-hybridized carbons (Fsp3) is 0.250. The van der Waals surface area contributed by atoms with Crippen molar-refractivity contribution in [3.63, 3.8) is 0 Å². The van der Waals surface area contributed by atoms with Crippen LogP contribution in [0.5, 0.6) is 0 Å². The van der Waals surface area contributed by atoms with Crippen molar-refractivity contribution >= 4 is 21.6 Å². The predicted molar refractivity (Wildman–Crippen MR) is 140 cm³/mol. The van der Waals surface area contributed by atoms with Gasteiger partial charge in [-0.3, -0.25) is 9.36 Å². The van der Waals surface area contributed by atoms with Crippen LogP contribution in [-0.4, -0.2) is 25.4 Å². The van der Waals surface area contributed by atoms with Crippen molar-refractivity contribution in [2.24, 2.45) is 0 Å². The standard InChI is InChI=1S/C28H27N5OS/c34-28-26-24-12-9-22(29-18-21-7-10-23(11-8-21)33-15-4-14-31-33)17-25(24)35-27(26)30-19-32(28)16-13-20-5-2-1-3-6-20/h1-8,10-11,14-15,19,22,29H,9,12-13,16-18H2. The summed E-state index contributed by atoms with van der Waals surface area (Å²) in [4.78, 5) is 20.1. The highest BCUT2D eigenvalue weighted by Crippen LogP contribution is 2.33. The molecule has 1 aliphatic rings. The molecule has 6 rings (SSSR count). The number of nitrogens with zero attached hydrogens (tertiary/aromatic N) is 4. The highest BCUT2D eigenvalue weighted by Gasteiger charge is 2.25. The zero-order valence-corrected chi connectivity index (χ0v) is 20.2. The van der Waals surface area contributed by atoms with Crippen LogP contribution in [-0.2, 0) is 32.4 Å². The van der Waals surface area contributed by atoms with Gasteiger partial charge in [-0.2, -0.15) is 5.10 Å². The average molecular weight is 482 g/mol. The number of benzene rings is 2. The first-order valence-corrected chi connectivity index (χ1v) is 12.9. The Labute approximate surface area is 207 Å². The predicted octanol–water partition coefficient (Wildman–Crippen LogP) is 4.53. The van der Waals surface area contributed by atoms with Crippen molar-refractivity contribution in [2.45, 2.75) is 44.8 Å². The van der Waals surface area contributed by atoms with Gasteiger partial charge in [0.2, 0.25) is 0 Å². The van der Waals surface area contributed by atoms with Gasteiger partial charge in [-0.25, -0.2) is 9.67 Å². The normalized spacial score (nSPS) is 15.4. The van der Waals surface area contributed by atoms with Gasteiger partial charge in [0, 0.05) is 36.4 Å². The molecule has 0 bridgehead atoms. The molecule has 1 aliphatic carbocycles. The van der Waals surface area contributed by atoms with E-state index in [9.17, 15) is 4.79 Å². The maximum atomic E-state index is 13.3. The van der Waals surface area contributed by atoms with Crippen LogP contribution in [0.25, 0.3) is 15.9 Å². The first-order valence-electron chi connectivity index (χ1n) is 12.1. The number of hydrogen-bond acceptors (Lipinski definition) is 5. The summed E-state index contributed by atoms with van der Waals surface area (Å²) in [5, 5.41) is 8.85. The Kier molecular flexibility index (Phi) is 6.02. The summed E-state index contributed by atoms with van der Waals surface area (Å²) in [6.07, 6.45) is 9.19. The van der Waals surface area contributed by atoms with E-state index in [1.807, 2.05) is 35.1 Å². The van der Waals surface area contributed by atoms with E-state index in [1.54, 1.807) is 28.4 Å². The van der Waals surface area contributed by atoms with Gasteiger partial charge >= 0.3 is 0 Å². The van der Waals surface area contributed by atoms with E-state index in [0.717, 1.165) is 48.1 Å². The molecule has 6 nitrogen and oxygen atoms in total. The second-order valence-electron chi connectivity index (χ2n) is 9.10. The van der Waals surface area contributed by atoms with Gasteiger partial charge in [0.15, 0.2) is 0 Å². The summed E-state index contributed by atoms with van der Waals surface area (Å²) < 4.78 is 3.64. The van der Waals surface area contributed by atoms with Gasteiger partial charge in [-0.05, 0) is 60.6 Å². The molecular weight excluding hydrogens is 454 g/mol. The van der Waals surface area contributed by atoms with E-state index in [1.165, 1.54) is 21.6 Å². The largest absolute Gasteiger partial charge is 0.310 e. The lowest BCUT2D eigenvalue weighted by atomic mass is 9.93. The first kappa shape index (κ1) is 21.9. The van der Waals surface area contributed by atoms with Crippen molar-refractivity contribution < 1.29 is 0 Å². The van der Waals surface area contributed by atoms with Crippen LogP contribution in [0.3, 0.4) is 0 Å². The number of fused-ring (bicyclic) bond motifs is 3. The Balaban J connectivity index is 1.13. The maximum absolute atomic E-state index is 13.3. The summed E-state index contributed by atoms with van der Waals surface area (Å²) >= 11 is 1.69. The van der Waals surface area contributed by atoms with E-state index in [-0.39, 0.29) is 5.56 Å². The van der Waals surface area contributed by atoms with Crippen LogP contribution in [0.2, 0.25) is 0 Å². The zero-order valence-electron chi connectivity index (χ0n) is 19.4. The van der Waals surface area contributed by atoms with Crippen LogP contribution in [0, 0.1) is 0 Å². The summed E-state index contributed by atoms with van der Waals surface area (Å²) in [6.45, 7) is 1.48. The van der Waals surface area contributed by atoms with Gasteiger partial charge in [-0.15, -0.1) is 11.3 Å². The minimum atomic E-state index is 0.104. The molecule has 0 saturated carbocycles. The number of thiophene rings is 1. The molecule has 0 radical (unpaired) electrons. The number of hydrogen-bond donors (Lipinski definition) is 1. The van der Waals surface area contributed by atoms with Crippen molar-refractivity contribution in [1.82, 2.24) is 24.6 Å². The van der Waals surface area contributed by atoms with Gasteiger partial charge in [0.1, 0.15) is 4.83 Å². The molecule has 0 spiro atoms. The van der Waals surface area contributed by atoms with Crippen molar-refractivity contribution in [3.8, 4) is 5.69 Å². The summed E-state index contributed by atoms with van der Waals surface area (Å²) in [5.41, 5.74) is 4.88. The van der Waals surface area contributed by atoms with Gasteiger partial charge < -0.3 is 5.32 Å². The first-order chi connectivity index (χ1) is 17.2. The Morgan fingerprint density at radius 3 is 2.69 bits per heavy atom. The van der Waals surface area contributed by atoms with Crippen LogP contribution >= 0.6 is 11.3 Å².